The average molecular weight is 333 g/mol. The summed E-state index contributed by atoms with van der Waals surface area (Å²) in [6.07, 6.45) is 3.72. The predicted octanol–water partition coefficient (Wildman–Crippen LogP) is 3.28. The fraction of sp³-hybridized carbons (Fsp3) is 0.579. The minimum atomic E-state index is -0.209. The third kappa shape index (κ3) is 4.98. The molecule has 2 rings (SSSR count). The smallest absolute Gasteiger partial charge is 0.310 e. The number of unbranched alkanes of at least 4 members (excludes halogenated alkanes) is 1. The van der Waals surface area contributed by atoms with Crippen molar-refractivity contribution in [3.8, 4) is 5.75 Å². The zero-order valence-corrected chi connectivity index (χ0v) is 14.6. The third-order valence-corrected chi connectivity index (χ3v) is 4.20. The van der Waals surface area contributed by atoms with Crippen LogP contribution in [-0.4, -0.2) is 43.1 Å². The van der Waals surface area contributed by atoms with E-state index in [0.29, 0.717) is 31.9 Å². The van der Waals surface area contributed by atoms with Gasteiger partial charge in [0.25, 0.3) is 5.91 Å². The van der Waals surface area contributed by atoms with E-state index in [-0.39, 0.29) is 17.8 Å². The molecular weight excluding hydrogens is 306 g/mol. The van der Waals surface area contributed by atoms with Crippen LogP contribution in [0.4, 0.5) is 0 Å². The van der Waals surface area contributed by atoms with Crippen molar-refractivity contribution in [3.05, 3.63) is 29.8 Å². The van der Waals surface area contributed by atoms with Crippen molar-refractivity contribution in [1.29, 1.82) is 0 Å². The van der Waals surface area contributed by atoms with Crippen LogP contribution in [0, 0.1) is 5.92 Å². The minimum absolute atomic E-state index is 0.0379. The first-order valence-corrected chi connectivity index (χ1v) is 8.84. The van der Waals surface area contributed by atoms with E-state index in [2.05, 4.69) is 6.92 Å². The maximum absolute atomic E-state index is 12.6. The summed E-state index contributed by atoms with van der Waals surface area (Å²) in [4.78, 5) is 26.3. The summed E-state index contributed by atoms with van der Waals surface area (Å²) in [5.74, 6) is 0.334. The molecule has 1 atom stereocenters. The normalized spacial score (nSPS) is 17.4. The number of likely N-dealkylation sites (tertiary alicyclic amines) is 1. The molecule has 132 valence electrons. The Kier molecular flexibility index (Phi) is 7.09. The van der Waals surface area contributed by atoms with Crippen molar-refractivity contribution in [2.45, 2.75) is 39.5 Å². The summed E-state index contributed by atoms with van der Waals surface area (Å²) in [5, 5.41) is 0. The molecule has 5 heteroatoms. The van der Waals surface area contributed by atoms with E-state index in [1.54, 1.807) is 24.0 Å². The molecule has 1 unspecified atom stereocenters. The Balaban J connectivity index is 1.94. The monoisotopic (exact) mass is 333 g/mol. The lowest BCUT2D eigenvalue weighted by molar-refractivity contribution is -0.149. The van der Waals surface area contributed by atoms with Crippen molar-refractivity contribution in [2.24, 2.45) is 5.92 Å². The van der Waals surface area contributed by atoms with Crippen molar-refractivity contribution in [3.63, 3.8) is 0 Å². The van der Waals surface area contributed by atoms with Gasteiger partial charge in [0.15, 0.2) is 0 Å². The van der Waals surface area contributed by atoms with Crippen LogP contribution in [0.1, 0.15) is 49.9 Å². The van der Waals surface area contributed by atoms with E-state index in [1.165, 1.54) is 0 Å². The second kappa shape index (κ2) is 9.30. The third-order valence-electron chi connectivity index (χ3n) is 4.20. The first-order chi connectivity index (χ1) is 11.7. The number of carbonyl (C=O) groups excluding carboxylic acids is 2. The molecule has 5 nitrogen and oxygen atoms in total. The summed E-state index contributed by atoms with van der Waals surface area (Å²) in [6.45, 7) is 6.11. The van der Waals surface area contributed by atoms with Crippen LogP contribution in [0.5, 0.6) is 5.75 Å². The summed E-state index contributed by atoms with van der Waals surface area (Å²) in [5.41, 5.74) is 0.627. The molecular formula is C19H27NO4. The van der Waals surface area contributed by atoms with E-state index in [1.807, 2.05) is 12.1 Å². The Hall–Kier alpha value is -2.04. The second-order valence-corrected chi connectivity index (χ2v) is 6.07. The largest absolute Gasteiger partial charge is 0.494 e. The molecule has 1 amide bonds. The number of rotatable bonds is 7. The predicted molar refractivity (Wildman–Crippen MR) is 92.1 cm³/mol. The fourth-order valence-electron chi connectivity index (χ4n) is 2.82. The van der Waals surface area contributed by atoms with Gasteiger partial charge < -0.3 is 14.4 Å². The average Bonchev–Trinajstić information content (AvgIpc) is 2.62. The molecule has 1 fully saturated rings. The zero-order valence-electron chi connectivity index (χ0n) is 14.6. The number of esters is 1. The van der Waals surface area contributed by atoms with Gasteiger partial charge in [-0.3, -0.25) is 9.59 Å². The molecule has 0 aliphatic carbocycles. The SMILES string of the molecule is CCCCOc1ccc(C(=O)N2CCCC(C(=O)OCC)C2)cc1. The minimum Gasteiger partial charge on any atom is -0.494 e. The number of benzene rings is 1. The molecule has 1 aromatic rings. The van der Waals surface area contributed by atoms with Crippen molar-refractivity contribution in [2.75, 3.05) is 26.3 Å². The number of nitrogens with zero attached hydrogens (tertiary/aromatic N) is 1. The van der Waals surface area contributed by atoms with Crippen molar-refractivity contribution >= 4 is 11.9 Å². The summed E-state index contributed by atoms with van der Waals surface area (Å²) >= 11 is 0. The Bertz CT molecular complexity index is 541. The summed E-state index contributed by atoms with van der Waals surface area (Å²) < 4.78 is 10.7. The van der Waals surface area contributed by atoms with Gasteiger partial charge in [-0.05, 0) is 50.5 Å². The van der Waals surface area contributed by atoms with Crippen LogP contribution in [0.3, 0.4) is 0 Å². The lowest BCUT2D eigenvalue weighted by Crippen LogP contribution is -2.42. The van der Waals surface area contributed by atoms with E-state index < -0.39 is 0 Å². The summed E-state index contributed by atoms with van der Waals surface area (Å²) in [6, 6.07) is 7.24. The molecule has 0 radical (unpaired) electrons. The van der Waals surface area contributed by atoms with E-state index in [0.717, 1.165) is 31.4 Å². The maximum atomic E-state index is 12.6. The number of amides is 1. The van der Waals surface area contributed by atoms with E-state index >= 15 is 0 Å². The topological polar surface area (TPSA) is 55.8 Å². The standard InChI is InChI=1S/C19H27NO4/c1-3-5-13-24-17-10-8-15(9-11-17)18(21)20-12-6-7-16(14-20)19(22)23-4-2/h8-11,16H,3-7,12-14H2,1-2H3. The Morgan fingerprint density at radius 2 is 1.96 bits per heavy atom. The molecule has 0 saturated carbocycles. The van der Waals surface area contributed by atoms with Gasteiger partial charge >= 0.3 is 5.97 Å². The summed E-state index contributed by atoms with van der Waals surface area (Å²) in [7, 11) is 0. The Morgan fingerprint density at radius 1 is 1.21 bits per heavy atom. The van der Waals surface area contributed by atoms with E-state index in [4.69, 9.17) is 9.47 Å². The zero-order chi connectivity index (χ0) is 17.4. The van der Waals surface area contributed by atoms with Crippen LogP contribution in [0.25, 0.3) is 0 Å². The molecule has 0 bridgehead atoms. The van der Waals surface area contributed by atoms with Crippen LogP contribution in [0.2, 0.25) is 0 Å². The van der Waals surface area contributed by atoms with Crippen LogP contribution in [0.15, 0.2) is 24.3 Å². The number of carbonyl (C=O) groups is 2. The molecule has 0 spiro atoms. The van der Waals surface area contributed by atoms with Gasteiger partial charge in [0.05, 0.1) is 19.1 Å². The highest BCUT2D eigenvalue weighted by atomic mass is 16.5. The molecule has 1 aromatic carbocycles. The lowest BCUT2D eigenvalue weighted by atomic mass is 9.97. The quantitative estimate of drug-likeness (QED) is 0.567. The molecule has 24 heavy (non-hydrogen) atoms. The highest BCUT2D eigenvalue weighted by molar-refractivity contribution is 5.94. The highest BCUT2D eigenvalue weighted by Crippen LogP contribution is 2.21. The molecule has 1 heterocycles. The van der Waals surface area contributed by atoms with Gasteiger partial charge in [-0.25, -0.2) is 0 Å². The van der Waals surface area contributed by atoms with E-state index in [9.17, 15) is 9.59 Å². The van der Waals surface area contributed by atoms with Crippen molar-refractivity contribution < 1.29 is 19.1 Å². The number of hydrogen-bond acceptors (Lipinski definition) is 4. The Morgan fingerprint density at radius 3 is 2.62 bits per heavy atom. The molecule has 1 saturated heterocycles. The van der Waals surface area contributed by atoms with Gasteiger partial charge in [-0.15, -0.1) is 0 Å². The lowest BCUT2D eigenvalue weighted by Gasteiger charge is -2.31. The first kappa shape index (κ1) is 18.3. The molecule has 0 aromatic heterocycles. The van der Waals surface area contributed by atoms with Crippen LogP contribution >= 0.6 is 0 Å². The van der Waals surface area contributed by atoms with Gasteiger partial charge in [-0.1, -0.05) is 13.3 Å². The first-order valence-electron chi connectivity index (χ1n) is 8.84. The van der Waals surface area contributed by atoms with Gasteiger partial charge in [0, 0.05) is 18.7 Å². The number of ether oxygens (including phenoxy) is 2. The van der Waals surface area contributed by atoms with Crippen LogP contribution in [-0.2, 0) is 9.53 Å². The fourth-order valence-corrected chi connectivity index (χ4v) is 2.82. The Labute approximate surface area is 143 Å². The molecule has 0 N–H and O–H groups in total. The number of piperidine rings is 1. The maximum Gasteiger partial charge on any atom is 0.310 e. The van der Waals surface area contributed by atoms with Gasteiger partial charge in [-0.2, -0.15) is 0 Å². The molecule has 1 aliphatic rings. The molecule has 1 aliphatic heterocycles. The van der Waals surface area contributed by atoms with Crippen LogP contribution < -0.4 is 4.74 Å². The highest BCUT2D eigenvalue weighted by Gasteiger charge is 2.29. The van der Waals surface area contributed by atoms with Gasteiger partial charge in [0.2, 0.25) is 0 Å². The second-order valence-electron chi connectivity index (χ2n) is 6.07. The van der Waals surface area contributed by atoms with Gasteiger partial charge in [0.1, 0.15) is 5.75 Å². The van der Waals surface area contributed by atoms with Crippen molar-refractivity contribution in [1.82, 2.24) is 4.90 Å². The number of hydrogen-bond donors (Lipinski definition) is 0.